The molecule has 0 N–H and O–H groups in total. The fourth-order valence-corrected chi connectivity index (χ4v) is 0.268. The van der Waals surface area contributed by atoms with Crippen LogP contribution in [0.3, 0.4) is 0 Å². The quantitative estimate of drug-likeness (QED) is 0.529. The third-order valence-electron chi connectivity index (χ3n) is 0.627. The lowest BCUT2D eigenvalue weighted by Gasteiger charge is -2.06. The molecule has 0 aliphatic carbocycles. The average Bonchev–Trinajstić information content (AvgIpc) is 1.82. The number of hydrogen-bond acceptors (Lipinski definition) is 2. The number of carbonyl (C=O) groups excluding carboxylic acids is 1. The van der Waals surface area contributed by atoms with Crippen LogP contribution in [0.15, 0.2) is 0 Å². The minimum absolute atomic E-state index is 1.04. The lowest BCUT2D eigenvalue weighted by atomic mass is 10.4. The van der Waals surface area contributed by atoms with Gasteiger partial charge in [0.1, 0.15) is 13.3 Å². The first kappa shape index (κ1) is 8.33. The number of rotatable bonds is 3. The highest BCUT2D eigenvalue weighted by atomic mass is 19.1. The molecule has 2 nitrogen and oxygen atoms in total. The average molecular weight is 136 g/mol. The lowest BCUT2D eigenvalue weighted by molar-refractivity contribution is -0.144. The maximum absolute atomic E-state index is 11.4. The SMILES string of the molecule is [CH]C(=O)OC(CF)CF. The van der Waals surface area contributed by atoms with Crippen LogP contribution in [0.25, 0.3) is 0 Å². The second kappa shape index (κ2) is 4.23. The van der Waals surface area contributed by atoms with Gasteiger partial charge in [-0.15, -0.1) is 0 Å². The summed E-state index contributed by atoms with van der Waals surface area (Å²) in [6, 6.07) is 0. The van der Waals surface area contributed by atoms with E-state index in [1.807, 2.05) is 0 Å². The predicted octanol–water partition coefficient (Wildman–Crippen LogP) is 0.548. The lowest BCUT2D eigenvalue weighted by Crippen LogP contribution is -2.20. The van der Waals surface area contributed by atoms with Gasteiger partial charge in [-0.05, 0) is 0 Å². The summed E-state index contributed by atoms with van der Waals surface area (Å²) in [5.41, 5.74) is 0. The van der Waals surface area contributed by atoms with Crippen LogP contribution in [0.1, 0.15) is 0 Å². The molecule has 0 amide bonds. The van der Waals surface area contributed by atoms with Crippen molar-refractivity contribution in [2.24, 2.45) is 0 Å². The Kier molecular flexibility index (Phi) is 3.92. The maximum atomic E-state index is 11.4. The number of carbonyl (C=O) groups is 1. The molecule has 0 rings (SSSR count). The first-order valence-electron chi connectivity index (χ1n) is 2.28. The van der Waals surface area contributed by atoms with E-state index in [2.05, 4.69) is 11.7 Å². The zero-order valence-corrected chi connectivity index (χ0v) is 4.64. The molecule has 0 aromatic heterocycles. The highest BCUT2D eigenvalue weighted by Crippen LogP contribution is 1.93. The van der Waals surface area contributed by atoms with Gasteiger partial charge >= 0.3 is 5.97 Å². The normalized spacial score (nSPS) is 9.78. The topological polar surface area (TPSA) is 26.3 Å². The molecule has 0 aliphatic rings. The molecule has 9 heavy (non-hydrogen) atoms. The molecule has 0 heterocycles. The van der Waals surface area contributed by atoms with Crippen molar-refractivity contribution in [3.05, 3.63) is 6.92 Å². The predicted molar refractivity (Wildman–Crippen MR) is 26.1 cm³/mol. The van der Waals surface area contributed by atoms with Gasteiger partial charge in [-0.3, -0.25) is 4.79 Å². The van der Waals surface area contributed by atoms with Gasteiger partial charge in [0.25, 0.3) is 0 Å². The van der Waals surface area contributed by atoms with Crippen LogP contribution in [0.2, 0.25) is 0 Å². The van der Waals surface area contributed by atoms with Gasteiger partial charge in [0, 0.05) is 0 Å². The van der Waals surface area contributed by atoms with Gasteiger partial charge in [0.15, 0.2) is 6.10 Å². The van der Waals surface area contributed by atoms with Crippen molar-refractivity contribution < 1.29 is 18.3 Å². The van der Waals surface area contributed by atoms with Crippen LogP contribution in [-0.2, 0) is 9.53 Å². The molecule has 0 aliphatic heterocycles. The summed E-state index contributed by atoms with van der Waals surface area (Å²) in [6.45, 7) is 2.37. The summed E-state index contributed by atoms with van der Waals surface area (Å²) in [5.74, 6) is -1.16. The Bertz CT molecular complexity index is 91.0. The Morgan fingerprint density at radius 1 is 1.56 bits per heavy atom. The Morgan fingerprint density at radius 3 is 2.11 bits per heavy atom. The van der Waals surface area contributed by atoms with Crippen molar-refractivity contribution in [3.8, 4) is 0 Å². The number of halogens is 2. The number of ether oxygens (including phenoxy) is 1. The Hall–Kier alpha value is -0.670. The summed E-state index contributed by atoms with van der Waals surface area (Å²) in [4.78, 5) is 9.79. The van der Waals surface area contributed by atoms with E-state index < -0.39 is 25.4 Å². The maximum Gasteiger partial charge on any atom is 0.311 e. The van der Waals surface area contributed by atoms with Crippen LogP contribution in [-0.4, -0.2) is 25.4 Å². The van der Waals surface area contributed by atoms with Crippen molar-refractivity contribution in [3.63, 3.8) is 0 Å². The van der Waals surface area contributed by atoms with Gasteiger partial charge < -0.3 is 4.74 Å². The first-order valence-corrected chi connectivity index (χ1v) is 2.28. The van der Waals surface area contributed by atoms with Crippen molar-refractivity contribution >= 4 is 5.97 Å². The molecule has 0 spiro atoms. The van der Waals surface area contributed by atoms with Gasteiger partial charge in [-0.1, -0.05) is 0 Å². The zero-order chi connectivity index (χ0) is 7.28. The van der Waals surface area contributed by atoms with Crippen LogP contribution in [0, 0.1) is 6.92 Å². The molecule has 0 aromatic rings. The minimum atomic E-state index is -1.33. The van der Waals surface area contributed by atoms with Crippen molar-refractivity contribution in [2.45, 2.75) is 6.10 Å². The van der Waals surface area contributed by atoms with Gasteiger partial charge in [0.05, 0.1) is 6.92 Å². The van der Waals surface area contributed by atoms with E-state index in [1.54, 1.807) is 0 Å². The summed E-state index contributed by atoms with van der Waals surface area (Å²) >= 11 is 0. The largest absolute Gasteiger partial charge is 0.457 e. The van der Waals surface area contributed by atoms with Crippen molar-refractivity contribution in [2.75, 3.05) is 13.3 Å². The van der Waals surface area contributed by atoms with Gasteiger partial charge in [-0.25, -0.2) is 8.78 Å². The fourth-order valence-electron chi connectivity index (χ4n) is 0.268. The van der Waals surface area contributed by atoms with E-state index in [1.165, 1.54) is 0 Å². The highest BCUT2D eigenvalue weighted by Gasteiger charge is 2.09. The third-order valence-corrected chi connectivity index (χ3v) is 0.627. The highest BCUT2D eigenvalue weighted by molar-refractivity contribution is 5.73. The minimum Gasteiger partial charge on any atom is -0.457 e. The van der Waals surface area contributed by atoms with E-state index in [4.69, 9.17) is 0 Å². The molecule has 0 atom stereocenters. The van der Waals surface area contributed by atoms with E-state index in [9.17, 15) is 13.6 Å². The van der Waals surface area contributed by atoms with Crippen molar-refractivity contribution in [1.29, 1.82) is 0 Å². The Balaban J connectivity index is 3.43. The molecule has 0 bridgehead atoms. The molecule has 0 aromatic carbocycles. The van der Waals surface area contributed by atoms with E-state index in [-0.39, 0.29) is 0 Å². The van der Waals surface area contributed by atoms with Crippen LogP contribution >= 0.6 is 0 Å². The molecule has 2 radical (unpaired) electrons. The van der Waals surface area contributed by atoms with E-state index >= 15 is 0 Å². The van der Waals surface area contributed by atoms with E-state index in [0.717, 1.165) is 0 Å². The van der Waals surface area contributed by atoms with E-state index in [0.29, 0.717) is 0 Å². The number of hydrogen-bond donors (Lipinski definition) is 0. The monoisotopic (exact) mass is 136 g/mol. The molecule has 0 fully saturated rings. The van der Waals surface area contributed by atoms with Crippen LogP contribution in [0.5, 0.6) is 0 Å². The summed E-state index contributed by atoms with van der Waals surface area (Å²) in [5, 5.41) is 0. The first-order chi connectivity index (χ1) is 4.20. The fraction of sp³-hybridized carbons (Fsp3) is 0.600. The second-order valence-electron chi connectivity index (χ2n) is 1.37. The molecule has 4 heteroatoms. The van der Waals surface area contributed by atoms with Crippen molar-refractivity contribution in [1.82, 2.24) is 0 Å². The molecule has 0 saturated carbocycles. The number of alkyl halides is 2. The summed E-state index contributed by atoms with van der Waals surface area (Å²) in [6.07, 6.45) is -1.33. The molecular weight excluding hydrogens is 130 g/mol. The smallest absolute Gasteiger partial charge is 0.311 e. The Labute approximate surface area is 51.8 Å². The van der Waals surface area contributed by atoms with Crippen LogP contribution < -0.4 is 0 Å². The van der Waals surface area contributed by atoms with Gasteiger partial charge in [-0.2, -0.15) is 0 Å². The number of esters is 1. The van der Waals surface area contributed by atoms with Gasteiger partial charge in [0.2, 0.25) is 0 Å². The second-order valence-corrected chi connectivity index (χ2v) is 1.37. The standard InChI is InChI=1S/C5H6F2O2/c1-4(8)9-5(2-6)3-7/h1,5H,2-3H2. The molecular formula is C5H6F2O2. The molecule has 0 unspecified atom stereocenters. The van der Waals surface area contributed by atoms with Crippen LogP contribution in [0.4, 0.5) is 8.78 Å². The summed E-state index contributed by atoms with van der Waals surface area (Å²) in [7, 11) is 0. The summed E-state index contributed by atoms with van der Waals surface area (Å²) < 4.78 is 26.8. The molecule has 0 saturated heterocycles. The Morgan fingerprint density at radius 2 is 2.00 bits per heavy atom. The third kappa shape index (κ3) is 3.88. The zero-order valence-electron chi connectivity index (χ0n) is 4.64. The molecule has 52 valence electrons.